The standard InChI is InChI=1S/C17H21NO3/c1-19-16-4-2-3-14(9-16)10-17-12-18(6-8-21-17)11-15-5-7-20-13-15/h2-5,7,9,13,17H,6,8,10-12H2,1H3/t17-/m0/s1. The molecule has 0 spiro atoms. The minimum Gasteiger partial charge on any atom is -0.497 e. The van der Waals surface area contributed by atoms with Crippen LogP contribution in [-0.4, -0.2) is 37.8 Å². The van der Waals surface area contributed by atoms with E-state index in [-0.39, 0.29) is 6.10 Å². The molecule has 1 saturated heterocycles. The van der Waals surface area contributed by atoms with Gasteiger partial charge in [0.2, 0.25) is 0 Å². The van der Waals surface area contributed by atoms with Gasteiger partial charge in [0.25, 0.3) is 0 Å². The van der Waals surface area contributed by atoms with Crippen LogP contribution in [0.25, 0.3) is 0 Å². The molecule has 4 heteroatoms. The summed E-state index contributed by atoms with van der Waals surface area (Å²) in [7, 11) is 1.70. The first-order valence-electron chi connectivity index (χ1n) is 7.31. The molecule has 2 heterocycles. The molecule has 0 N–H and O–H groups in total. The predicted octanol–water partition coefficient (Wildman–Crippen LogP) is 2.73. The number of furan rings is 1. The summed E-state index contributed by atoms with van der Waals surface area (Å²) in [5, 5.41) is 0. The van der Waals surface area contributed by atoms with Gasteiger partial charge < -0.3 is 13.9 Å². The fourth-order valence-corrected chi connectivity index (χ4v) is 2.75. The lowest BCUT2D eigenvalue weighted by atomic mass is 10.1. The second-order valence-corrected chi connectivity index (χ2v) is 5.42. The summed E-state index contributed by atoms with van der Waals surface area (Å²) in [4.78, 5) is 2.42. The molecular formula is C17H21NO3. The third-order valence-electron chi connectivity index (χ3n) is 3.81. The van der Waals surface area contributed by atoms with Crippen molar-refractivity contribution < 1.29 is 13.9 Å². The molecule has 0 saturated carbocycles. The van der Waals surface area contributed by atoms with Crippen LogP contribution in [0.3, 0.4) is 0 Å². The van der Waals surface area contributed by atoms with Crippen LogP contribution in [0.1, 0.15) is 11.1 Å². The lowest BCUT2D eigenvalue weighted by Gasteiger charge is -2.32. The molecule has 0 bridgehead atoms. The van der Waals surface area contributed by atoms with Gasteiger partial charge in [-0.3, -0.25) is 4.90 Å². The molecule has 0 unspecified atom stereocenters. The number of hydrogen-bond acceptors (Lipinski definition) is 4. The van der Waals surface area contributed by atoms with Crippen LogP contribution < -0.4 is 4.74 Å². The van der Waals surface area contributed by atoms with Crippen LogP contribution in [0.2, 0.25) is 0 Å². The highest BCUT2D eigenvalue weighted by Crippen LogP contribution is 2.18. The number of morpholine rings is 1. The van der Waals surface area contributed by atoms with Crippen molar-refractivity contribution in [3.05, 3.63) is 54.0 Å². The van der Waals surface area contributed by atoms with Gasteiger partial charge in [-0.05, 0) is 23.8 Å². The van der Waals surface area contributed by atoms with Gasteiger partial charge in [-0.25, -0.2) is 0 Å². The van der Waals surface area contributed by atoms with Crippen molar-refractivity contribution in [2.75, 3.05) is 26.8 Å². The van der Waals surface area contributed by atoms with E-state index in [1.54, 1.807) is 13.4 Å². The molecule has 0 amide bonds. The Morgan fingerprint density at radius 3 is 3.05 bits per heavy atom. The monoisotopic (exact) mass is 287 g/mol. The topological polar surface area (TPSA) is 34.8 Å². The van der Waals surface area contributed by atoms with Gasteiger partial charge in [0.15, 0.2) is 0 Å². The average molecular weight is 287 g/mol. The molecule has 1 aliphatic rings. The zero-order valence-electron chi connectivity index (χ0n) is 12.3. The maximum absolute atomic E-state index is 5.90. The summed E-state index contributed by atoms with van der Waals surface area (Å²) in [5.41, 5.74) is 2.47. The zero-order chi connectivity index (χ0) is 14.5. The summed E-state index contributed by atoms with van der Waals surface area (Å²) in [6.07, 6.45) is 4.69. The second-order valence-electron chi connectivity index (χ2n) is 5.42. The molecule has 0 radical (unpaired) electrons. The largest absolute Gasteiger partial charge is 0.497 e. The Morgan fingerprint density at radius 1 is 1.29 bits per heavy atom. The highest BCUT2D eigenvalue weighted by molar-refractivity contribution is 5.28. The molecule has 1 aromatic heterocycles. The molecular weight excluding hydrogens is 266 g/mol. The molecule has 1 aromatic carbocycles. The van der Waals surface area contributed by atoms with Gasteiger partial charge >= 0.3 is 0 Å². The quantitative estimate of drug-likeness (QED) is 0.847. The van der Waals surface area contributed by atoms with E-state index in [0.717, 1.165) is 38.4 Å². The van der Waals surface area contributed by atoms with Crippen molar-refractivity contribution in [2.24, 2.45) is 0 Å². The summed E-state index contributed by atoms with van der Waals surface area (Å²) < 4.78 is 16.3. The van der Waals surface area contributed by atoms with Crippen LogP contribution in [0.4, 0.5) is 0 Å². The Balaban J connectivity index is 1.58. The molecule has 4 nitrogen and oxygen atoms in total. The Morgan fingerprint density at radius 2 is 2.24 bits per heavy atom. The van der Waals surface area contributed by atoms with Gasteiger partial charge in [-0.2, -0.15) is 0 Å². The number of rotatable bonds is 5. The summed E-state index contributed by atoms with van der Waals surface area (Å²) in [6.45, 7) is 3.63. The number of nitrogens with zero attached hydrogens (tertiary/aromatic N) is 1. The SMILES string of the molecule is COc1cccc(C[C@H]2CN(Cc3ccoc3)CCO2)c1. The van der Waals surface area contributed by atoms with E-state index in [1.165, 1.54) is 11.1 Å². The fourth-order valence-electron chi connectivity index (χ4n) is 2.75. The average Bonchev–Trinajstić information content (AvgIpc) is 3.01. The van der Waals surface area contributed by atoms with Crippen LogP contribution in [-0.2, 0) is 17.7 Å². The molecule has 3 rings (SSSR count). The summed E-state index contributed by atoms with van der Waals surface area (Å²) >= 11 is 0. The highest BCUT2D eigenvalue weighted by atomic mass is 16.5. The number of ether oxygens (including phenoxy) is 2. The lowest BCUT2D eigenvalue weighted by Crippen LogP contribution is -2.42. The molecule has 2 aromatic rings. The Hall–Kier alpha value is -1.78. The Labute approximate surface area is 125 Å². The van der Waals surface area contributed by atoms with Crippen molar-refractivity contribution in [2.45, 2.75) is 19.1 Å². The van der Waals surface area contributed by atoms with E-state index in [0.29, 0.717) is 0 Å². The first kappa shape index (κ1) is 14.2. The van der Waals surface area contributed by atoms with Crippen LogP contribution in [0, 0.1) is 0 Å². The molecule has 0 aliphatic carbocycles. The minimum absolute atomic E-state index is 0.234. The van der Waals surface area contributed by atoms with Gasteiger partial charge in [-0.1, -0.05) is 12.1 Å². The van der Waals surface area contributed by atoms with E-state index in [2.05, 4.69) is 17.0 Å². The smallest absolute Gasteiger partial charge is 0.119 e. The predicted molar refractivity (Wildman–Crippen MR) is 80.4 cm³/mol. The van der Waals surface area contributed by atoms with Crippen molar-refractivity contribution in [3.8, 4) is 5.75 Å². The first-order valence-corrected chi connectivity index (χ1v) is 7.31. The van der Waals surface area contributed by atoms with Gasteiger partial charge in [0.1, 0.15) is 5.75 Å². The molecule has 1 aliphatic heterocycles. The molecule has 1 fully saturated rings. The van der Waals surface area contributed by atoms with E-state index < -0.39 is 0 Å². The molecule has 112 valence electrons. The minimum atomic E-state index is 0.234. The Kier molecular flexibility index (Phi) is 4.58. The second kappa shape index (κ2) is 6.78. The van der Waals surface area contributed by atoms with E-state index >= 15 is 0 Å². The van der Waals surface area contributed by atoms with Crippen molar-refractivity contribution in [3.63, 3.8) is 0 Å². The van der Waals surface area contributed by atoms with Crippen molar-refractivity contribution in [1.29, 1.82) is 0 Å². The third-order valence-corrected chi connectivity index (χ3v) is 3.81. The van der Waals surface area contributed by atoms with Crippen LogP contribution in [0.5, 0.6) is 5.75 Å². The van der Waals surface area contributed by atoms with Gasteiger partial charge in [-0.15, -0.1) is 0 Å². The van der Waals surface area contributed by atoms with Crippen molar-refractivity contribution >= 4 is 0 Å². The molecule has 1 atom stereocenters. The fraction of sp³-hybridized carbons (Fsp3) is 0.412. The summed E-state index contributed by atoms with van der Waals surface area (Å²) in [6, 6.07) is 10.2. The maximum Gasteiger partial charge on any atom is 0.119 e. The van der Waals surface area contributed by atoms with Crippen LogP contribution in [0.15, 0.2) is 47.3 Å². The number of benzene rings is 1. The normalized spacial score (nSPS) is 19.6. The highest BCUT2D eigenvalue weighted by Gasteiger charge is 2.21. The van der Waals surface area contributed by atoms with E-state index in [4.69, 9.17) is 13.9 Å². The van der Waals surface area contributed by atoms with Crippen LogP contribution >= 0.6 is 0 Å². The van der Waals surface area contributed by atoms with Crippen molar-refractivity contribution in [1.82, 2.24) is 4.90 Å². The van der Waals surface area contributed by atoms with E-state index in [1.807, 2.05) is 24.5 Å². The van der Waals surface area contributed by atoms with E-state index in [9.17, 15) is 0 Å². The van der Waals surface area contributed by atoms with Gasteiger partial charge in [0, 0.05) is 31.6 Å². The zero-order valence-corrected chi connectivity index (χ0v) is 12.3. The maximum atomic E-state index is 5.90. The summed E-state index contributed by atoms with van der Waals surface area (Å²) in [5.74, 6) is 0.901. The van der Waals surface area contributed by atoms with Gasteiger partial charge in [0.05, 0.1) is 32.3 Å². The first-order chi connectivity index (χ1) is 10.3. The Bertz CT molecular complexity index is 553. The number of methoxy groups -OCH3 is 1. The lowest BCUT2D eigenvalue weighted by molar-refractivity contribution is -0.0305. The molecule has 21 heavy (non-hydrogen) atoms. The third kappa shape index (κ3) is 3.86. The number of hydrogen-bond donors (Lipinski definition) is 0.